The van der Waals surface area contributed by atoms with Gasteiger partial charge in [-0.25, -0.2) is 0 Å². The van der Waals surface area contributed by atoms with Gasteiger partial charge >= 0.3 is 0 Å². The van der Waals surface area contributed by atoms with Gasteiger partial charge < -0.3 is 14.4 Å². The molecule has 3 fully saturated rings. The van der Waals surface area contributed by atoms with Gasteiger partial charge in [-0.1, -0.05) is 19.8 Å². The Morgan fingerprint density at radius 3 is 2.19 bits per heavy atom. The number of amides is 1. The van der Waals surface area contributed by atoms with Gasteiger partial charge in [0.1, 0.15) is 0 Å². The zero-order valence-electron chi connectivity index (χ0n) is 13.5. The van der Waals surface area contributed by atoms with Crippen LogP contribution >= 0.6 is 0 Å². The average molecular weight is 295 g/mol. The lowest BCUT2D eigenvalue weighted by Gasteiger charge is -2.41. The Morgan fingerprint density at radius 1 is 1.10 bits per heavy atom. The molecule has 120 valence electrons. The Kier molecular flexibility index (Phi) is 4.28. The van der Waals surface area contributed by atoms with Crippen molar-refractivity contribution in [2.75, 3.05) is 20.3 Å². The number of ether oxygens (including phenoxy) is 2. The Morgan fingerprint density at radius 2 is 1.67 bits per heavy atom. The number of rotatable bonds is 3. The second-order valence-corrected chi connectivity index (χ2v) is 7.10. The third kappa shape index (κ3) is 2.72. The standard InChI is InChI=1S/C17H29NO3/c1-3-16(8-4-5-9-16)15(19)18(2)14-6-10-17(11-7-14)20-12-13-21-17/h14H,3-13H2,1-2H3. The maximum atomic E-state index is 13.0. The molecule has 1 aliphatic heterocycles. The lowest BCUT2D eigenvalue weighted by molar-refractivity contribution is -0.185. The summed E-state index contributed by atoms with van der Waals surface area (Å²) in [5.41, 5.74) is -0.0652. The molecule has 0 atom stereocenters. The van der Waals surface area contributed by atoms with Crippen LogP contribution in [0.3, 0.4) is 0 Å². The second kappa shape index (κ2) is 5.88. The van der Waals surface area contributed by atoms with Crippen LogP contribution in [0.15, 0.2) is 0 Å². The van der Waals surface area contributed by atoms with Crippen LogP contribution in [0.25, 0.3) is 0 Å². The molecule has 0 unspecified atom stereocenters. The molecule has 21 heavy (non-hydrogen) atoms. The molecular weight excluding hydrogens is 266 g/mol. The predicted octanol–water partition coefficient (Wildman–Crippen LogP) is 3.10. The molecule has 1 amide bonds. The average Bonchev–Trinajstić information content (AvgIpc) is 3.17. The van der Waals surface area contributed by atoms with Gasteiger partial charge in [0.2, 0.25) is 5.91 Å². The van der Waals surface area contributed by atoms with Gasteiger partial charge in [-0.05, 0) is 32.1 Å². The van der Waals surface area contributed by atoms with Gasteiger partial charge in [-0.15, -0.1) is 0 Å². The summed E-state index contributed by atoms with van der Waals surface area (Å²) >= 11 is 0. The topological polar surface area (TPSA) is 38.8 Å². The van der Waals surface area contributed by atoms with Gasteiger partial charge in [0.15, 0.2) is 5.79 Å². The third-order valence-electron chi connectivity index (χ3n) is 6.09. The first kappa shape index (κ1) is 15.3. The molecule has 3 rings (SSSR count). The summed E-state index contributed by atoms with van der Waals surface area (Å²) < 4.78 is 11.6. The number of carbonyl (C=O) groups is 1. The van der Waals surface area contributed by atoms with Crippen molar-refractivity contribution in [3.63, 3.8) is 0 Å². The molecule has 2 saturated carbocycles. The molecule has 0 bridgehead atoms. The van der Waals surface area contributed by atoms with Crippen molar-refractivity contribution >= 4 is 5.91 Å². The predicted molar refractivity (Wildman–Crippen MR) is 80.9 cm³/mol. The molecule has 2 aliphatic carbocycles. The van der Waals surface area contributed by atoms with E-state index in [0.717, 1.165) is 58.2 Å². The molecule has 4 nitrogen and oxygen atoms in total. The Hall–Kier alpha value is -0.610. The fourth-order valence-corrected chi connectivity index (χ4v) is 4.53. The summed E-state index contributed by atoms with van der Waals surface area (Å²) in [4.78, 5) is 15.0. The quantitative estimate of drug-likeness (QED) is 0.803. The van der Waals surface area contributed by atoms with Crippen LogP contribution < -0.4 is 0 Å². The summed E-state index contributed by atoms with van der Waals surface area (Å²) in [6.45, 7) is 3.61. The maximum absolute atomic E-state index is 13.0. The van der Waals surface area contributed by atoms with Crippen molar-refractivity contribution in [1.82, 2.24) is 4.90 Å². The van der Waals surface area contributed by atoms with E-state index in [1.54, 1.807) is 0 Å². The van der Waals surface area contributed by atoms with E-state index in [0.29, 0.717) is 11.9 Å². The van der Waals surface area contributed by atoms with Crippen LogP contribution in [0.1, 0.15) is 64.7 Å². The van der Waals surface area contributed by atoms with E-state index in [-0.39, 0.29) is 11.2 Å². The molecule has 1 saturated heterocycles. The van der Waals surface area contributed by atoms with E-state index in [9.17, 15) is 4.79 Å². The summed E-state index contributed by atoms with van der Waals surface area (Å²) in [6, 6.07) is 0.361. The number of nitrogens with zero attached hydrogens (tertiary/aromatic N) is 1. The Bertz CT molecular complexity index is 373. The molecular formula is C17H29NO3. The van der Waals surface area contributed by atoms with Crippen molar-refractivity contribution in [3.05, 3.63) is 0 Å². The number of carbonyl (C=O) groups excluding carboxylic acids is 1. The zero-order chi connectivity index (χ0) is 14.9. The van der Waals surface area contributed by atoms with E-state index in [4.69, 9.17) is 9.47 Å². The van der Waals surface area contributed by atoms with Crippen LogP contribution in [0.2, 0.25) is 0 Å². The molecule has 0 N–H and O–H groups in total. The fraction of sp³-hybridized carbons (Fsp3) is 0.941. The van der Waals surface area contributed by atoms with Crippen LogP contribution in [-0.4, -0.2) is 42.9 Å². The first-order chi connectivity index (χ1) is 10.1. The highest BCUT2D eigenvalue weighted by molar-refractivity contribution is 5.83. The van der Waals surface area contributed by atoms with Gasteiger partial charge in [0.25, 0.3) is 0 Å². The van der Waals surface area contributed by atoms with Gasteiger partial charge in [0.05, 0.1) is 13.2 Å². The van der Waals surface area contributed by atoms with E-state index in [1.165, 1.54) is 12.8 Å². The van der Waals surface area contributed by atoms with Crippen LogP contribution in [0, 0.1) is 5.41 Å². The summed E-state index contributed by atoms with van der Waals surface area (Å²) in [7, 11) is 2.01. The van der Waals surface area contributed by atoms with Crippen LogP contribution in [-0.2, 0) is 14.3 Å². The van der Waals surface area contributed by atoms with Gasteiger partial charge in [-0.3, -0.25) is 4.79 Å². The van der Waals surface area contributed by atoms with Crippen LogP contribution in [0.5, 0.6) is 0 Å². The lowest BCUT2D eigenvalue weighted by atomic mass is 9.80. The highest BCUT2D eigenvalue weighted by Gasteiger charge is 2.45. The van der Waals surface area contributed by atoms with E-state index in [1.807, 2.05) is 7.05 Å². The minimum atomic E-state index is -0.323. The second-order valence-electron chi connectivity index (χ2n) is 7.10. The van der Waals surface area contributed by atoms with E-state index >= 15 is 0 Å². The Labute approximate surface area is 128 Å². The number of hydrogen-bond donors (Lipinski definition) is 0. The third-order valence-corrected chi connectivity index (χ3v) is 6.09. The molecule has 0 radical (unpaired) electrons. The Balaban J connectivity index is 1.60. The van der Waals surface area contributed by atoms with Gasteiger partial charge in [0, 0.05) is 31.3 Å². The van der Waals surface area contributed by atoms with E-state index < -0.39 is 0 Å². The fourth-order valence-electron chi connectivity index (χ4n) is 4.53. The summed E-state index contributed by atoms with van der Waals surface area (Å²) in [5, 5.41) is 0. The zero-order valence-corrected chi connectivity index (χ0v) is 13.5. The van der Waals surface area contributed by atoms with Crippen LogP contribution in [0.4, 0.5) is 0 Å². The van der Waals surface area contributed by atoms with Crippen molar-refractivity contribution in [3.8, 4) is 0 Å². The smallest absolute Gasteiger partial charge is 0.228 e. The SMILES string of the molecule is CCC1(C(=O)N(C)C2CCC3(CC2)OCCO3)CCCC1. The molecule has 4 heteroatoms. The minimum absolute atomic E-state index is 0.0652. The number of hydrogen-bond acceptors (Lipinski definition) is 3. The molecule has 3 aliphatic rings. The largest absolute Gasteiger partial charge is 0.348 e. The van der Waals surface area contributed by atoms with Crippen molar-refractivity contribution < 1.29 is 14.3 Å². The first-order valence-corrected chi connectivity index (χ1v) is 8.66. The molecule has 0 aromatic rings. The van der Waals surface area contributed by atoms with Crippen molar-refractivity contribution in [2.45, 2.75) is 76.5 Å². The highest BCUT2D eigenvalue weighted by atomic mass is 16.7. The summed E-state index contributed by atoms with van der Waals surface area (Å²) in [6.07, 6.45) is 9.42. The monoisotopic (exact) mass is 295 g/mol. The first-order valence-electron chi connectivity index (χ1n) is 8.66. The minimum Gasteiger partial charge on any atom is -0.348 e. The normalized spacial score (nSPS) is 28.1. The molecule has 1 heterocycles. The molecule has 1 spiro atoms. The summed E-state index contributed by atoms with van der Waals surface area (Å²) in [5.74, 6) is 0.0626. The lowest BCUT2D eigenvalue weighted by Crippen LogP contribution is -2.49. The van der Waals surface area contributed by atoms with Gasteiger partial charge in [-0.2, -0.15) is 0 Å². The van der Waals surface area contributed by atoms with E-state index in [2.05, 4.69) is 11.8 Å². The maximum Gasteiger partial charge on any atom is 0.228 e. The molecule has 0 aromatic carbocycles. The highest BCUT2D eigenvalue weighted by Crippen LogP contribution is 2.44. The van der Waals surface area contributed by atoms with Crippen molar-refractivity contribution in [2.24, 2.45) is 5.41 Å². The molecule has 0 aromatic heterocycles. The van der Waals surface area contributed by atoms with Crippen molar-refractivity contribution in [1.29, 1.82) is 0 Å².